The van der Waals surface area contributed by atoms with Crippen molar-refractivity contribution in [3.63, 3.8) is 0 Å². The lowest BCUT2D eigenvalue weighted by molar-refractivity contribution is -0.136. The largest absolute Gasteiger partial charge is 0.377 e. The molecule has 10 nitrogen and oxygen atoms in total. The van der Waals surface area contributed by atoms with Crippen LogP contribution in [0.25, 0.3) is 11.4 Å². The standard InChI is InChI=1S/C22H28N6O4/c1-14-12-32-10-9-28(14)21-17-11-27(19(29)13-31-2)8-7-18(17)25-20(26-21)15-3-5-16(6-4-15)24-22(23)30/h3-6,14H,7-13H2,1-2H3,(H3,23,24,30)/t14-/m0/s1. The zero-order chi connectivity index (χ0) is 22.7. The number of nitrogens with two attached hydrogens (primary N) is 1. The third-order valence-electron chi connectivity index (χ3n) is 5.71. The van der Waals surface area contributed by atoms with Crippen molar-refractivity contribution < 1.29 is 19.1 Å². The summed E-state index contributed by atoms with van der Waals surface area (Å²) < 4.78 is 10.7. The number of urea groups is 1. The topological polar surface area (TPSA) is 123 Å². The number of morpholine rings is 1. The first kappa shape index (κ1) is 22.0. The predicted molar refractivity (Wildman–Crippen MR) is 119 cm³/mol. The maximum Gasteiger partial charge on any atom is 0.316 e. The van der Waals surface area contributed by atoms with Crippen LogP contribution in [-0.4, -0.2) is 72.9 Å². The number of hydrogen-bond acceptors (Lipinski definition) is 7. The van der Waals surface area contributed by atoms with Gasteiger partial charge in [-0.2, -0.15) is 0 Å². The van der Waals surface area contributed by atoms with Crippen LogP contribution >= 0.6 is 0 Å². The Morgan fingerprint density at radius 2 is 2.03 bits per heavy atom. The Bertz CT molecular complexity index is 997. The number of rotatable bonds is 5. The summed E-state index contributed by atoms with van der Waals surface area (Å²) in [6.45, 7) is 5.17. The number of nitrogens with one attached hydrogen (secondary N) is 1. The van der Waals surface area contributed by atoms with Crippen LogP contribution in [0.4, 0.5) is 16.3 Å². The van der Waals surface area contributed by atoms with E-state index in [-0.39, 0.29) is 18.6 Å². The number of amides is 3. The monoisotopic (exact) mass is 440 g/mol. The molecule has 10 heteroatoms. The van der Waals surface area contributed by atoms with Gasteiger partial charge in [-0.15, -0.1) is 0 Å². The van der Waals surface area contributed by atoms with Crippen LogP contribution in [-0.2, 0) is 27.2 Å². The fourth-order valence-corrected chi connectivity index (χ4v) is 4.08. The third kappa shape index (κ3) is 4.66. The van der Waals surface area contributed by atoms with Gasteiger partial charge in [0.05, 0.1) is 31.5 Å². The Labute approximate surface area is 186 Å². The van der Waals surface area contributed by atoms with Crippen molar-refractivity contribution in [1.82, 2.24) is 14.9 Å². The highest BCUT2D eigenvalue weighted by Gasteiger charge is 2.30. The summed E-state index contributed by atoms with van der Waals surface area (Å²) in [5, 5.41) is 2.56. The zero-order valence-corrected chi connectivity index (χ0v) is 18.3. The summed E-state index contributed by atoms with van der Waals surface area (Å²) in [6.07, 6.45) is 0.646. The number of benzene rings is 1. The molecule has 170 valence electrons. The summed E-state index contributed by atoms with van der Waals surface area (Å²) in [5.74, 6) is 1.41. The van der Waals surface area contributed by atoms with Crippen LogP contribution < -0.4 is 16.0 Å². The van der Waals surface area contributed by atoms with Crippen molar-refractivity contribution in [2.45, 2.75) is 25.9 Å². The predicted octanol–water partition coefficient (Wildman–Crippen LogP) is 1.39. The van der Waals surface area contributed by atoms with E-state index in [0.717, 1.165) is 29.2 Å². The molecule has 3 N–H and O–H groups in total. The van der Waals surface area contributed by atoms with Gasteiger partial charge in [0.2, 0.25) is 5.91 Å². The molecular weight excluding hydrogens is 412 g/mol. The third-order valence-corrected chi connectivity index (χ3v) is 5.71. The van der Waals surface area contributed by atoms with E-state index in [9.17, 15) is 9.59 Å². The number of nitrogens with zero attached hydrogens (tertiary/aromatic N) is 4. The van der Waals surface area contributed by atoms with Crippen LogP contribution in [0.2, 0.25) is 0 Å². The molecule has 2 aliphatic heterocycles. The van der Waals surface area contributed by atoms with Crippen LogP contribution in [0.5, 0.6) is 0 Å². The maximum atomic E-state index is 12.4. The fraction of sp³-hybridized carbons (Fsp3) is 0.455. The highest BCUT2D eigenvalue weighted by atomic mass is 16.5. The van der Waals surface area contributed by atoms with E-state index in [1.54, 1.807) is 17.0 Å². The van der Waals surface area contributed by atoms with Crippen molar-refractivity contribution in [2.24, 2.45) is 5.73 Å². The Morgan fingerprint density at radius 3 is 2.72 bits per heavy atom. The quantitative estimate of drug-likeness (QED) is 0.720. The molecule has 3 heterocycles. The van der Waals surface area contributed by atoms with Gasteiger partial charge in [-0.1, -0.05) is 0 Å². The molecule has 0 saturated carbocycles. The summed E-state index contributed by atoms with van der Waals surface area (Å²) >= 11 is 0. The summed E-state index contributed by atoms with van der Waals surface area (Å²) in [6, 6.07) is 6.80. The Morgan fingerprint density at radius 1 is 1.25 bits per heavy atom. The smallest absolute Gasteiger partial charge is 0.316 e. The minimum Gasteiger partial charge on any atom is -0.377 e. The fourth-order valence-electron chi connectivity index (χ4n) is 4.08. The van der Waals surface area contributed by atoms with Crippen LogP contribution in [0, 0.1) is 0 Å². The van der Waals surface area contributed by atoms with Gasteiger partial charge in [0, 0.05) is 43.4 Å². The van der Waals surface area contributed by atoms with Gasteiger partial charge in [-0.05, 0) is 31.2 Å². The number of primary amides is 1. The number of carbonyl (C=O) groups excluding carboxylic acids is 2. The van der Waals surface area contributed by atoms with Crippen molar-refractivity contribution >= 4 is 23.4 Å². The summed E-state index contributed by atoms with van der Waals surface area (Å²) in [7, 11) is 1.52. The number of methoxy groups -OCH3 is 1. The molecule has 0 aliphatic carbocycles. The van der Waals surface area contributed by atoms with Crippen LogP contribution in [0.1, 0.15) is 18.2 Å². The zero-order valence-electron chi connectivity index (χ0n) is 18.3. The highest BCUT2D eigenvalue weighted by molar-refractivity contribution is 5.88. The average Bonchev–Trinajstić information content (AvgIpc) is 2.79. The lowest BCUT2D eigenvalue weighted by Crippen LogP contribution is -2.46. The highest BCUT2D eigenvalue weighted by Crippen LogP contribution is 2.32. The van der Waals surface area contributed by atoms with Gasteiger partial charge < -0.3 is 30.3 Å². The molecule has 2 aliphatic rings. The molecule has 1 saturated heterocycles. The minimum absolute atomic E-state index is 0.0410. The molecule has 2 aromatic rings. The number of ether oxygens (including phenoxy) is 2. The van der Waals surface area contributed by atoms with Gasteiger partial charge in [0.25, 0.3) is 0 Å². The molecule has 1 aromatic heterocycles. The van der Waals surface area contributed by atoms with Gasteiger partial charge in [0.15, 0.2) is 5.82 Å². The van der Waals surface area contributed by atoms with Crippen molar-refractivity contribution in [1.29, 1.82) is 0 Å². The Hall–Kier alpha value is -3.24. The average molecular weight is 441 g/mol. The molecule has 0 spiro atoms. The number of carbonyl (C=O) groups is 2. The van der Waals surface area contributed by atoms with Gasteiger partial charge >= 0.3 is 6.03 Å². The van der Waals surface area contributed by atoms with Crippen molar-refractivity contribution in [3.8, 4) is 11.4 Å². The number of anilines is 2. The summed E-state index contributed by atoms with van der Waals surface area (Å²) in [5.41, 5.74) is 8.56. The second-order valence-corrected chi connectivity index (χ2v) is 7.98. The van der Waals surface area contributed by atoms with Gasteiger partial charge in [0.1, 0.15) is 12.4 Å². The van der Waals surface area contributed by atoms with E-state index in [1.807, 2.05) is 12.1 Å². The normalized spacial score (nSPS) is 18.2. The van der Waals surface area contributed by atoms with Gasteiger partial charge in [-0.25, -0.2) is 14.8 Å². The summed E-state index contributed by atoms with van der Waals surface area (Å²) in [4.78, 5) is 37.3. The molecule has 4 rings (SSSR count). The van der Waals surface area contributed by atoms with E-state index < -0.39 is 6.03 Å². The van der Waals surface area contributed by atoms with Crippen LogP contribution in [0.15, 0.2) is 24.3 Å². The molecular formula is C22H28N6O4. The van der Waals surface area contributed by atoms with Crippen LogP contribution in [0.3, 0.4) is 0 Å². The first-order valence-corrected chi connectivity index (χ1v) is 10.6. The lowest BCUT2D eigenvalue weighted by Gasteiger charge is -2.38. The number of hydrogen-bond donors (Lipinski definition) is 2. The Balaban J connectivity index is 1.72. The van der Waals surface area contributed by atoms with E-state index in [0.29, 0.717) is 44.2 Å². The first-order chi connectivity index (χ1) is 15.5. The Kier molecular flexibility index (Phi) is 6.52. The number of fused-ring (bicyclic) bond motifs is 1. The maximum absolute atomic E-state index is 12.4. The SMILES string of the molecule is COCC(=O)N1CCc2nc(-c3ccc(NC(N)=O)cc3)nc(N3CCOC[C@@H]3C)c2C1. The molecule has 0 radical (unpaired) electrons. The first-order valence-electron chi connectivity index (χ1n) is 10.6. The van der Waals surface area contributed by atoms with Gasteiger partial charge in [-0.3, -0.25) is 4.79 Å². The molecule has 0 bridgehead atoms. The van der Waals surface area contributed by atoms with Crippen molar-refractivity contribution in [3.05, 3.63) is 35.5 Å². The molecule has 1 atom stereocenters. The van der Waals surface area contributed by atoms with E-state index in [1.165, 1.54) is 7.11 Å². The minimum atomic E-state index is -0.612. The van der Waals surface area contributed by atoms with E-state index in [2.05, 4.69) is 17.1 Å². The molecule has 1 aromatic carbocycles. The second kappa shape index (κ2) is 9.49. The number of aromatic nitrogens is 2. The van der Waals surface area contributed by atoms with E-state index in [4.69, 9.17) is 25.2 Å². The molecule has 1 fully saturated rings. The van der Waals surface area contributed by atoms with Crippen molar-refractivity contribution in [2.75, 3.05) is 50.2 Å². The molecule has 32 heavy (non-hydrogen) atoms. The molecule has 0 unspecified atom stereocenters. The van der Waals surface area contributed by atoms with E-state index >= 15 is 0 Å². The second-order valence-electron chi connectivity index (χ2n) is 7.98. The lowest BCUT2D eigenvalue weighted by atomic mass is 10.0. The molecule has 3 amide bonds.